The molecule has 0 heterocycles. The van der Waals surface area contributed by atoms with Crippen LogP contribution in [0.3, 0.4) is 0 Å². The molecular weight excluding hydrogens is 168 g/mol. The number of carboxylic acids is 1. The predicted molar refractivity (Wildman–Crippen MR) is 49.6 cm³/mol. The molecule has 0 spiro atoms. The lowest BCUT2D eigenvalue weighted by Gasteiger charge is -2.13. The molecule has 0 saturated heterocycles. The molecule has 2 unspecified atom stereocenters. The van der Waals surface area contributed by atoms with Crippen molar-refractivity contribution in [2.24, 2.45) is 11.8 Å². The number of methoxy groups -OCH3 is 1. The summed E-state index contributed by atoms with van der Waals surface area (Å²) in [6, 6.07) is 0. The number of ether oxygens (including phenoxy) is 1. The van der Waals surface area contributed by atoms with Crippen LogP contribution in [-0.2, 0) is 9.53 Å². The van der Waals surface area contributed by atoms with Gasteiger partial charge >= 0.3 is 5.97 Å². The Morgan fingerprint density at radius 3 is 2.54 bits per heavy atom. The van der Waals surface area contributed by atoms with Crippen molar-refractivity contribution in [2.45, 2.75) is 38.7 Å². The molecule has 0 aromatic rings. The van der Waals surface area contributed by atoms with Gasteiger partial charge in [-0.3, -0.25) is 0 Å². The van der Waals surface area contributed by atoms with Gasteiger partial charge in [0.15, 0.2) is 6.10 Å². The van der Waals surface area contributed by atoms with Crippen LogP contribution in [0.25, 0.3) is 0 Å². The molecule has 1 aliphatic rings. The molecule has 3 heteroatoms. The first-order valence-corrected chi connectivity index (χ1v) is 4.90. The quantitative estimate of drug-likeness (QED) is 0.689. The lowest BCUT2D eigenvalue weighted by atomic mass is 9.98. The van der Waals surface area contributed by atoms with Crippen LogP contribution in [0.1, 0.15) is 32.6 Å². The summed E-state index contributed by atoms with van der Waals surface area (Å²) in [7, 11) is 1.46. The highest BCUT2D eigenvalue weighted by molar-refractivity contribution is 5.72. The molecule has 76 valence electrons. The number of aliphatic carboxylic acids is 1. The average Bonchev–Trinajstić information content (AvgIpc) is 2.86. The predicted octanol–water partition coefficient (Wildman–Crippen LogP) is 1.91. The molecule has 0 aromatic carbocycles. The SMILES string of the molecule is COC(CCC(C)C1CC1)C(=O)O. The standard InChI is InChI=1S/C10H18O3/c1-7(8-4-5-8)3-6-9(13-2)10(11)12/h7-9H,3-6H2,1-2H3,(H,11,12). The minimum atomic E-state index is -0.842. The first-order valence-electron chi connectivity index (χ1n) is 4.90. The Balaban J connectivity index is 2.18. The number of hydrogen-bond acceptors (Lipinski definition) is 2. The van der Waals surface area contributed by atoms with Gasteiger partial charge in [-0.25, -0.2) is 4.79 Å². The van der Waals surface area contributed by atoms with Gasteiger partial charge in [-0.1, -0.05) is 6.92 Å². The van der Waals surface area contributed by atoms with Gasteiger partial charge in [0.25, 0.3) is 0 Å². The largest absolute Gasteiger partial charge is 0.479 e. The summed E-state index contributed by atoms with van der Waals surface area (Å²) in [5.41, 5.74) is 0. The Morgan fingerprint density at radius 2 is 2.15 bits per heavy atom. The monoisotopic (exact) mass is 186 g/mol. The maximum absolute atomic E-state index is 10.6. The highest BCUT2D eigenvalue weighted by Gasteiger charge is 2.28. The number of rotatable bonds is 6. The number of carbonyl (C=O) groups is 1. The second kappa shape index (κ2) is 4.61. The van der Waals surface area contributed by atoms with Crippen LogP contribution in [-0.4, -0.2) is 24.3 Å². The van der Waals surface area contributed by atoms with E-state index < -0.39 is 12.1 Å². The maximum atomic E-state index is 10.6. The van der Waals surface area contributed by atoms with Crippen LogP contribution in [0.15, 0.2) is 0 Å². The fraction of sp³-hybridized carbons (Fsp3) is 0.900. The van der Waals surface area contributed by atoms with Gasteiger partial charge in [-0.05, 0) is 37.5 Å². The molecule has 1 fully saturated rings. The van der Waals surface area contributed by atoms with E-state index in [4.69, 9.17) is 9.84 Å². The van der Waals surface area contributed by atoms with E-state index >= 15 is 0 Å². The Kier molecular flexibility index (Phi) is 3.72. The molecule has 1 aliphatic carbocycles. The molecule has 13 heavy (non-hydrogen) atoms. The summed E-state index contributed by atoms with van der Waals surface area (Å²) in [5, 5.41) is 8.72. The lowest BCUT2D eigenvalue weighted by Crippen LogP contribution is -2.23. The van der Waals surface area contributed by atoms with E-state index in [-0.39, 0.29) is 0 Å². The zero-order chi connectivity index (χ0) is 9.84. The Labute approximate surface area is 79.1 Å². The van der Waals surface area contributed by atoms with Gasteiger partial charge in [0.1, 0.15) is 0 Å². The second-order valence-corrected chi connectivity index (χ2v) is 3.95. The van der Waals surface area contributed by atoms with E-state index in [1.165, 1.54) is 20.0 Å². The molecule has 0 amide bonds. The molecular formula is C10H18O3. The zero-order valence-corrected chi connectivity index (χ0v) is 8.32. The zero-order valence-electron chi connectivity index (χ0n) is 8.32. The summed E-state index contributed by atoms with van der Waals surface area (Å²) in [4.78, 5) is 10.6. The Bertz CT molecular complexity index is 175. The fourth-order valence-corrected chi connectivity index (χ4v) is 1.66. The van der Waals surface area contributed by atoms with Crippen molar-refractivity contribution in [3.63, 3.8) is 0 Å². The van der Waals surface area contributed by atoms with Gasteiger partial charge in [0.2, 0.25) is 0 Å². The third-order valence-electron chi connectivity index (χ3n) is 2.87. The van der Waals surface area contributed by atoms with Crippen molar-refractivity contribution in [3.8, 4) is 0 Å². The average molecular weight is 186 g/mol. The number of hydrogen-bond donors (Lipinski definition) is 1. The minimum absolute atomic E-state index is 0.610. The Morgan fingerprint density at radius 1 is 1.54 bits per heavy atom. The van der Waals surface area contributed by atoms with Crippen LogP contribution in [0.2, 0.25) is 0 Å². The molecule has 0 aromatic heterocycles. The molecule has 2 atom stereocenters. The molecule has 0 radical (unpaired) electrons. The summed E-state index contributed by atoms with van der Waals surface area (Å²) >= 11 is 0. The van der Waals surface area contributed by atoms with E-state index in [2.05, 4.69) is 6.92 Å². The molecule has 0 bridgehead atoms. The van der Waals surface area contributed by atoms with Gasteiger partial charge in [0, 0.05) is 7.11 Å². The minimum Gasteiger partial charge on any atom is -0.479 e. The van der Waals surface area contributed by atoms with Crippen LogP contribution >= 0.6 is 0 Å². The first kappa shape index (κ1) is 10.5. The summed E-state index contributed by atoms with van der Waals surface area (Å²) in [6.45, 7) is 2.20. The lowest BCUT2D eigenvalue weighted by molar-refractivity contribution is -0.149. The summed E-state index contributed by atoms with van der Waals surface area (Å²) in [6.07, 6.45) is 3.65. The van der Waals surface area contributed by atoms with E-state index in [9.17, 15) is 4.79 Å². The highest BCUT2D eigenvalue weighted by atomic mass is 16.5. The number of carboxylic acid groups (broad SMARTS) is 1. The van der Waals surface area contributed by atoms with E-state index in [0.717, 1.165) is 12.3 Å². The molecule has 1 N–H and O–H groups in total. The van der Waals surface area contributed by atoms with E-state index in [1.54, 1.807) is 0 Å². The van der Waals surface area contributed by atoms with Crippen molar-refractivity contribution >= 4 is 5.97 Å². The van der Waals surface area contributed by atoms with E-state index in [1.807, 2.05) is 0 Å². The van der Waals surface area contributed by atoms with Crippen LogP contribution in [0.4, 0.5) is 0 Å². The van der Waals surface area contributed by atoms with Crippen molar-refractivity contribution in [2.75, 3.05) is 7.11 Å². The normalized spacial score (nSPS) is 21.1. The van der Waals surface area contributed by atoms with Crippen molar-refractivity contribution in [3.05, 3.63) is 0 Å². The smallest absolute Gasteiger partial charge is 0.332 e. The van der Waals surface area contributed by atoms with Gasteiger partial charge in [0.05, 0.1) is 0 Å². The third kappa shape index (κ3) is 3.35. The second-order valence-electron chi connectivity index (χ2n) is 3.95. The molecule has 3 nitrogen and oxygen atoms in total. The van der Waals surface area contributed by atoms with Crippen LogP contribution < -0.4 is 0 Å². The van der Waals surface area contributed by atoms with Crippen molar-refractivity contribution in [1.82, 2.24) is 0 Å². The van der Waals surface area contributed by atoms with Crippen molar-refractivity contribution < 1.29 is 14.6 Å². The van der Waals surface area contributed by atoms with Gasteiger partial charge in [-0.15, -0.1) is 0 Å². The summed E-state index contributed by atoms with van der Waals surface area (Å²) < 4.78 is 4.86. The fourth-order valence-electron chi connectivity index (χ4n) is 1.66. The Hall–Kier alpha value is -0.570. The van der Waals surface area contributed by atoms with Crippen LogP contribution in [0.5, 0.6) is 0 Å². The van der Waals surface area contributed by atoms with E-state index in [0.29, 0.717) is 12.3 Å². The first-order chi connectivity index (χ1) is 6.15. The third-order valence-corrected chi connectivity index (χ3v) is 2.87. The highest BCUT2D eigenvalue weighted by Crippen LogP contribution is 2.38. The molecule has 1 saturated carbocycles. The molecule has 0 aliphatic heterocycles. The maximum Gasteiger partial charge on any atom is 0.332 e. The van der Waals surface area contributed by atoms with Gasteiger partial charge < -0.3 is 9.84 Å². The van der Waals surface area contributed by atoms with Crippen LogP contribution in [0, 0.1) is 11.8 Å². The molecule has 1 rings (SSSR count). The van der Waals surface area contributed by atoms with Gasteiger partial charge in [-0.2, -0.15) is 0 Å². The van der Waals surface area contributed by atoms with Crippen molar-refractivity contribution in [1.29, 1.82) is 0 Å². The summed E-state index contributed by atoms with van der Waals surface area (Å²) in [5.74, 6) is 0.675. The topological polar surface area (TPSA) is 46.5 Å².